The fraction of sp³-hybridized carbons (Fsp3) is 0.545. The molecule has 1 atom stereocenters. The fourth-order valence-corrected chi connectivity index (χ4v) is 6.71. The van der Waals surface area contributed by atoms with E-state index in [0.717, 1.165) is 18.4 Å². The number of pyridine rings is 1. The number of hydrogen-bond acceptors (Lipinski definition) is 6. The predicted molar refractivity (Wildman–Crippen MR) is 128 cm³/mol. The van der Waals surface area contributed by atoms with Crippen LogP contribution in [0.2, 0.25) is 4.34 Å². The van der Waals surface area contributed by atoms with Crippen molar-refractivity contribution in [1.82, 2.24) is 14.6 Å². The quantitative estimate of drug-likeness (QED) is 0.553. The van der Waals surface area contributed by atoms with Crippen molar-refractivity contribution in [2.75, 3.05) is 26.0 Å². The van der Waals surface area contributed by atoms with Crippen LogP contribution in [-0.4, -0.2) is 49.6 Å². The number of carbonyl (C=O) groups excluding carboxylic acids is 1. The van der Waals surface area contributed by atoms with Crippen LogP contribution in [0.5, 0.6) is 5.88 Å². The van der Waals surface area contributed by atoms with Gasteiger partial charge < -0.3 is 10.1 Å². The molecule has 176 valence electrons. The molecule has 1 fully saturated rings. The lowest BCUT2D eigenvalue weighted by molar-refractivity contribution is 0.0931. The minimum atomic E-state index is -3.22. The Labute approximate surface area is 199 Å². The van der Waals surface area contributed by atoms with Gasteiger partial charge in [0.15, 0.2) is 0 Å². The SMILES string of the molecule is COc1ccc(C(CC2CCN(S(=O)(=O)CC(C)C)CC2)NC(=O)c2ccc(Cl)s2)cn1. The van der Waals surface area contributed by atoms with Gasteiger partial charge in [0, 0.05) is 25.4 Å². The van der Waals surface area contributed by atoms with Gasteiger partial charge in [-0.3, -0.25) is 4.79 Å². The lowest BCUT2D eigenvalue weighted by Crippen LogP contribution is -2.41. The topological polar surface area (TPSA) is 88.6 Å². The molecule has 0 aromatic carbocycles. The molecule has 0 radical (unpaired) electrons. The number of rotatable bonds is 9. The summed E-state index contributed by atoms with van der Waals surface area (Å²) in [6, 6.07) is 6.85. The molecule has 3 rings (SSSR count). The van der Waals surface area contributed by atoms with Gasteiger partial charge in [0.25, 0.3) is 5.91 Å². The zero-order valence-corrected chi connectivity index (χ0v) is 21.0. The van der Waals surface area contributed by atoms with Crippen molar-refractivity contribution in [3.05, 3.63) is 45.2 Å². The first-order valence-corrected chi connectivity index (χ1v) is 13.5. The van der Waals surface area contributed by atoms with E-state index >= 15 is 0 Å². The predicted octanol–water partition coefficient (Wildman–Crippen LogP) is 4.36. The molecule has 32 heavy (non-hydrogen) atoms. The lowest BCUT2D eigenvalue weighted by atomic mass is 9.88. The van der Waals surface area contributed by atoms with Crippen LogP contribution in [-0.2, 0) is 10.0 Å². The fourth-order valence-electron chi connectivity index (χ4n) is 3.95. The minimum absolute atomic E-state index is 0.102. The van der Waals surface area contributed by atoms with E-state index in [9.17, 15) is 13.2 Å². The van der Waals surface area contributed by atoms with E-state index in [1.165, 1.54) is 11.3 Å². The maximum Gasteiger partial charge on any atom is 0.261 e. The van der Waals surface area contributed by atoms with Crippen molar-refractivity contribution in [2.45, 2.75) is 39.2 Å². The van der Waals surface area contributed by atoms with Gasteiger partial charge in [0.1, 0.15) is 0 Å². The van der Waals surface area contributed by atoms with Gasteiger partial charge in [0.2, 0.25) is 15.9 Å². The summed E-state index contributed by atoms with van der Waals surface area (Å²) >= 11 is 7.23. The van der Waals surface area contributed by atoms with Gasteiger partial charge in [-0.05, 0) is 48.8 Å². The molecule has 1 unspecified atom stereocenters. The minimum Gasteiger partial charge on any atom is -0.481 e. The third-order valence-corrected chi connectivity index (χ3v) is 9.02. The van der Waals surface area contributed by atoms with E-state index in [-0.39, 0.29) is 23.6 Å². The molecule has 0 spiro atoms. The summed E-state index contributed by atoms with van der Waals surface area (Å²) < 4.78 is 32.4. The largest absolute Gasteiger partial charge is 0.481 e. The monoisotopic (exact) mass is 499 g/mol. The number of nitrogens with one attached hydrogen (secondary N) is 1. The zero-order chi connectivity index (χ0) is 23.3. The molecule has 1 amide bonds. The molecule has 2 aromatic heterocycles. The first-order chi connectivity index (χ1) is 15.2. The number of ether oxygens (including phenoxy) is 1. The average Bonchev–Trinajstić information content (AvgIpc) is 3.19. The Bertz CT molecular complexity index is 1000. The standard InChI is InChI=1S/C22H30ClN3O4S2/c1-15(2)14-32(28,29)26-10-8-16(9-11-26)12-18(17-4-7-21(30-3)24-13-17)25-22(27)19-5-6-20(23)31-19/h4-7,13,15-16,18H,8-12,14H2,1-3H3,(H,25,27). The van der Waals surface area contributed by atoms with Crippen LogP contribution in [0.3, 0.4) is 0 Å². The number of amides is 1. The van der Waals surface area contributed by atoms with Crippen LogP contribution in [0.15, 0.2) is 30.5 Å². The Hall–Kier alpha value is -1.68. The van der Waals surface area contributed by atoms with E-state index in [1.807, 2.05) is 19.9 Å². The van der Waals surface area contributed by atoms with E-state index < -0.39 is 10.0 Å². The third kappa shape index (κ3) is 6.66. The molecule has 0 saturated carbocycles. The van der Waals surface area contributed by atoms with Gasteiger partial charge in [-0.2, -0.15) is 0 Å². The Morgan fingerprint density at radius 2 is 2.00 bits per heavy atom. The lowest BCUT2D eigenvalue weighted by Gasteiger charge is -2.33. The maximum absolute atomic E-state index is 12.8. The van der Waals surface area contributed by atoms with Gasteiger partial charge in [-0.1, -0.05) is 31.5 Å². The van der Waals surface area contributed by atoms with Crippen molar-refractivity contribution in [2.24, 2.45) is 11.8 Å². The molecular weight excluding hydrogens is 470 g/mol. The molecule has 1 aliphatic rings. The normalized spacial score (nSPS) is 16.8. The number of methoxy groups -OCH3 is 1. The van der Waals surface area contributed by atoms with Gasteiger partial charge in [-0.25, -0.2) is 17.7 Å². The summed E-state index contributed by atoms with van der Waals surface area (Å²) in [6.07, 6.45) is 3.94. The Kier molecular flexibility index (Phi) is 8.55. The molecule has 1 aliphatic heterocycles. The summed E-state index contributed by atoms with van der Waals surface area (Å²) in [6.45, 7) is 4.87. The number of nitrogens with zero attached hydrogens (tertiary/aromatic N) is 2. The van der Waals surface area contributed by atoms with Crippen LogP contribution >= 0.6 is 22.9 Å². The molecule has 3 heterocycles. The molecular formula is C22H30ClN3O4S2. The van der Waals surface area contributed by atoms with Crippen molar-refractivity contribution in [1.29, 1.82) is 0 Å². The van der Waals surface area contributed by atoms with Gasteiger partial charge in [0.05, 0.1) is 28.1 Å². The Balaban J connectivity index is 1.69. The summed E-state index contributed by atoms with van der Waals surface area (Å²) in [5.41, 5.74) is 0.886. The molecule has 10 heteroatoms. The Morgan fingerprint density at radius 1 is 1.28 bits per heavy atom. The average molecular weight is 500 g/mol. The van der Waals surface area contributed by atoms with E-state index in [2.05, 4.69) is 10.3 Å². The number of piperidine rings is 1. The first kappa shape index (κ1) is 25.0. The second-order valence-corrected chi connectivity index (χ2v) is 12.2. The highest BCUT2D eigenvalue weighted by Crippen LogP contribution is 2.31. The van der Waals surface area contributed by atoms with Crippen molar-refractivity contribution >= 4 is 38.9 Å². The number of halogens is 1. The molecule has 1 N–H and O–H groups in total. The molecule has 0 aliphatic carbocycles. The number of thiophene rings is 1. The second kappa shape index (κ2) is 11.0. The highest BCUT2D eigenvalue weighted by Gasteiger charge is 2.30. The number of sulfonamides is 1. The number of aromatic nitrogens is 1. The molecule has 7 nitrogen and oxygen atoms in total. The first-order valence-electron chi connectivity index (χ1n) is 10.7. The van der Waals surface area contributed by atoms with Crippen LogP contribution < -0.4 is 10.1 Å². The van der Waals surface area contributed by atoms with E-state index in [1.54, 1.807) is 35.8 Å². The van der Waals surface area contributed by atoms with Crippen molar-refractivity contribution in [3.8, 4) is 5.88 Å². The summed E-state index contributed by atoms with van der Waals surface area (Å²) in [4.78, 5) is 17.6. The van der Waals surface area contributed by atoms with E-state index in [4.69, 9.17) is 16.3 Å². The number of carbonyl (C=O) groups is 1. The van der Waals surface area contributed by atoms with E-state index in [0.29, 0.717) is 40.5 Å². The summed E-state index contributed by atoms with van der Waals surface area (Å²) in [7, 11) is -1.66. The van der Waals surface area contributed by atoms with Crippen molar-refractivity contribution in [3.63, 3.8) is 0 Å². The van der Waals surface area contributed by atoms with Gasteiger partial charge >= 0.3 is 0 Å². The van der Waals surface area contributed by atoms with Crippen LogP contribution in [0.1, 0.15) is 54.4 Å². The summed E-state index contributed by atoms with van der Waals surface area (Å²) in [5, 5.41) is 3.12. The zero-order valence-electron chi connectivity index (χ0n) is 18.6. The van der Waals surface area contributed by atoms with Gasteiger partial charge in [-0.15, -0.1) is 11.3 Å². The highest BCUT2D eigenvalue weighted by molar-refractivity contribution is 7.89. The van der Waals surface area contributed by atoms with Crippen molar-refractivity contribution < 1.29 is 17.9 Å². The maximum atomic E-state index is 12.8. The molecule has 1 saturated heterocycles. The third-order valence-electron chi connectivity index (χ3n) is 5.55. The smallest absolute Gasteiger partial charge is 0.261 e. The molecule has 2 aromatic rings. The highest BCUT2D eigenvalue weighted by atomic mass is 35.5. The second-order valence-electron chi connectivity index (χ2n) is 8.51. The Morgan fingerprint density at radius 3 is 2.53 bits per heavy atom. The number of hydrogen-bond donors (Lipinski definition) is 1. The van der Waals surface area contributed by atoms with Crippen LogP contribution in [0.4, 0.5) is 0 Å². The molecule has 0 bridgehead atoms. The van der Waals surface area contributed by atoms with Crippen LogP contribution in [0.25, 0.3) is 0 Å². The summed E-state index contributed by atoms with van der Waals surface area (Å²) in [5.74, 6) is 0.898. The van der Waals surface area contributed by atoms with Crippen LogP contribution in [0, 0.1) is 11.8 Å².